The maximum atomic E-state index is 14.1. The van der Waals surface area contributed by atoms with Crippen LogP contribution in [-0.4, -0.2) is 7.11 Å². The van der Waals surface area contributed by atoms with Crippen LogP contribution in [0.5, 0.6) is 5.75 Å². The van der Waals surface area contributed by atoms with E-state index in [2.05, 4.69) is 5.43 Å². The minimum atomic E-state index is -0.735. The quantitative estimate of drug-likeness (QED) is 0.659. The van der Waals surface area contributed by atoms with Crippen LogP contribution in [-0.2, 0) is 6.42 Å². The normalized spacial score (nSPS) is 12.2. The number of nitrogens with two attached hydrogens (primary N) is 1. The number of benzene rings is 2. The number of nitrogens with one attached hydrogen (secondary N) is 1. The third-order valence-electron chi connectivity index (χ3n) is 3.23. The monoisotopic (exact) mass is 296 g/mol. The topological polar surface area (TPSA) is 47.3 Å². The van der Waals surface area contributed by atoms with Crippen LogP contribution >= 0.6 is 0 Å². The van der Waals surface area contributed by atoms with E-state index in [-0.39, 0.29) is 17.7 Å². The number of ether oxygens (including phenoxy) is 1. The molecule has 0 heterocycles. The lowest BCUT2D eigenvalue weighted by molar-refractivity contribution is 0.382. The lowest BCUT2D eigenvalue weighted by atomic mass is 9.98. The van der Waals surface area contributed by atoms with Crippen molar-refractivity contribution in [2.75, 3.05) is 7.11 Å². The molecular formula is C15H15F3N2O. The Labute approximate surface area is 120 Å². The zero-order chi connectivity index (χ0) is 15.4. The van der Waals surface area contributed by atoms with Crippen molar-refractivity contribution in [1.29, 1.82) is 0 Å². The number of hydrogen-bond donors (Lipinski definition) is 2. The average molecular weight is 296 g/mol. The second-order valence-corrected chi connectivity index (χ2v) is 4.52. The molecule has 6 heteroatoms. The van der Waals surface area contributed by atoms with Gasteiger partial charge in [-0.05, 0) is 24.1 Å². The number of halogens is 3. The standard InChI is InChI=1S/C15H15F3N2O/c1-21-14-4-2-3-9(15(14)18)7-13(20-19)11-6-5-10(16)8-12(11)17/h2-6,8,13,20H,7,19H2,1H3. The summed E-state index contributed by atoms with van der Waals surface area (Å²) in [7, 11) is 1.36. The largest absolute Gasteiger partial charge is 0.494 e. The van der Waals surface area contributed by atoms with Crippen LogP contribution in [0.4, 0.5) is 13.2 Å². The molecule has 0 radical (unpaired) electrons. The molecule has 0 bridgehead atoms. The van der Waals surface area contributed by atoms with Crippen molar-refractivity contribution in [3.05, 3.63) is 65.0 Å². The van der Waals surface area contributed by atoms with Crippen LogP contribution in [0.1, 0.15) is 17.2 Å². The van der Waals surface area contributed by atoms with Crippen LogP contribution in [0, 0.1) is 17.5 Å². The molecule has 0 saturated heterocycles. The van der Waals surface area contributed by atoms with E-state index in [1.54, 1.807) is 12.1 Å². The van der Waals surface area contributed by atoms with Gasteiger partial charge in [-0.3, -0.25) is 11.3 Å². The third-order valence-corrected chi connectivity index (χ3v) is 3.23. The molecule has 21 heavy (non-hydrogen) atoms. The molecule has 112 valence electrons. The van der Waals surface area contributed by atoms with Crippen molar-refractivity contribution in [3.63, 3.8) is 0 Å². The highest BCUT2D eigenvalue weighted by Crippen LogP contribution is 2.26. The molecule has 3 nitrogen and oxygen atoms in total. The Morgan fingerprint density at radius 3 is 2.57 bits per heavy atom. The van der Waals surface area contributed by atoms with E-state index in [4.69, 9.17) is 10.6 Å². The van der Waals surface area contributed by atoms with E-state index in [9.17, 15) is 13.2 Å². The predicted octanol–water partition coefficient (Wildman–Crippen LogP) is 2.86. The highest BCUT2D eigenvalue weighted by molar-refractivity contribution is 5.33. The van der Waals surface area contributed by atoms with Crippen molar-refractivity contribution in [2.45, 2.75) is 12.5 Å². The Morgan fingerprint density at radius 1 is 1.19 bits per heavy atom. The zero-order valence-electron chi connectivity index (χ0n) is 11.4. The van der Waals surface area contributed by atoms with E-state index in [1.165, 1.54) is 19.2 Å². The van der Waals surface area contributed by atoms with Gasteiger partial charge in [-0.1, -0.05) is 18.2 Å². The van der Waals surface area contributed by atoms with Gasteiger partial charge in [0.2, 0.25) is 0 Å². The minimum Gasteiger partial charge on any atom is -0.494 e. The molecule has 2 aromatic rings. The van der Waals surface area contributed by atoms with Crippen LogP contribution in [0.2, 0.25) is 0 Å². The van der Waals surface area contributed by atoms with Gasteiger partial charge < -0.3 is 4.74 Å². The van der Waals surface area contributed by atoms with Crippen molar-refractivity contribution in [2.24, 2.45) is 5.84 Å². The first kappa shape index (κ1) is 15.3. The molecule has 0 amide bonds. The maximum Gasteiger partial charge on any atom is 0.168 e. The van der Waals surface area contributed by atoms with Gasteiger partial charge >= 0.3 is 0 Å². The summed E-state index contributed by atoms with van der Waals surface area (Å²) < 4.78 is 45.7. The first-order valence-corrected chi connectivity index (χ1v) is 6.29. The molecule has 0 spiro atoms. The van der Waals surface area contributed by atoms with E-state index in [0.717, 1.165) is 12.1 Å². The molecule has 0 fully saturated rings. The van der Waals surface area contributed by atoms with Gasteiger partial charge in [0.25, 0.3) is 0 Å². The molecule has 2 rings (SSSR count). The minimum absolute atomic E-state index is 0.0993. The molecule has 1 unspecified atom stereocenters. The van der Waals surface area contributed by atoms with Gasteiger partial charge in [0.05, 0.1) is 13.2 Å². The smallest absolute Gasteiger partial charge is 0.168 e. The predicted molar refractivity (Wildman–Crippen MR) is 73.1 cm³/mol. The van der Waals surface area contributed by atoms with Crippen LogP contribution in [0.3, 0.4) is 0 Å². The molecule has 0 aromatic heterocycles. The van der Waals surface area contributed by atoms with E-state index >= 15 is 0 Å². The Bertz CT molecular complexity index is 634. The van der Waals surface area contributed by atoms with Gasteiger partial charge in [0.1, 0.15) is 11.6 Å². The summed E-state index contributed by atoms with van der Waals surface area (Å²) in [6.45, 7) is 0. The molecule has 3 N–H and O–H groups in total. The van der Waals surface area contributed by atoms with Crippen molar-refractivity contribution >= 4 is 0 Å². The fourth-order valence-corrected chi connectivity index (χ4v) is 2.13. The lowest BCUT2D eigenvalue weighted by Gasteiger charge is -2.18. The zero-order valence-corrected chi connectivity index (χ0v) is 11.4. The molecule has 1 atom stereocenters. The first-order chi connectivity index (χ1) is 10.1. The fourth-order valence-electron chi connectivity index (χ4n) is 2.13. The van der Waals surface area contributed by atoms with E-state index in [1.807, 2.05) is 0 Å². The summed E-state index contributed by atoms with van der Waals surface area (Å²) in [5.74, 6) is 3.57. The third kappa shape index (κ3) is 3.34. The fraction of sp³-hybridized carbons (Fsp3) is 0.200. The van der Waals surface area contributed by atoms with Crippen LogP contribution in [0.25, 0.3) is 0 Å². The molecular weight excluding hydrogens is 281 g/mol. The molecule has 2 aromatic carbocycles. The number of hydrazine groups is 1. The van der Waals surface area contributed by atoms with Crippen molar-refractivity contribution in [1.82, 2.24) is 5.43 Å². The Morgan fingerprint density at radius 2 is 1.95 bits per heavy atom. The molecule has 0 aliphatic heterocycles. The molecule has 0 saturated carbocycles. The van der Waals surface area contributed by atoms with Crippen molar-refractivity contribution in [3.8, 4) is 5.75 Å². The summed E-state index contributed by atoms with van der Waals surface area (Å²) >= 11 is 0. The number of hydrogen-bond acceptors (Lipinski definition) is 3. The van der Waals surface area contributed by atoms with Gasteiger partial charge in [0.15, 0.2) is 11.6 Å². The van der Waals surface area contributed by atoms with Gasteiger partial charge in [-0.25, -0.2) is 13.2 Å². The maximum absolute atomic E-state index is 14.1. The van der Waals surface area contributed by atoms with Crippen molar-refractivity contribution < 1.29 is 17.9 Å². The first-order valence-electron chi connectivity index (χ1n) is 6.29. The number of rotatable bonds is 5. The van der Waals surface area contributed by atoms with Gasteiger partial charge in [-0.2, -0.15) is 0 Å². The number of methoxy groups -OCH3 is 1. The summed E-state index contributed by atoms with van der Waals surface area (Å²) in [6, 6.07) is 7.17. The van der Waals surface area contributed by atoms with E-state index in [0.29, 0.717) is 5.56 Å². The Hall–Kier alpha value is -2.05. The van der Waals surface area contributed by atoms with Crippen LogP contribution < -0.4 is 16.0 Å². The van der Waals surface area contributed by atoms with Crippen LogP contribution in [0.15, 0.2) is 36.4 Å². The second-order valence-electron chi connectivity index (χ2n) is 4.52. The summed E-state index contributed by atoms with van der Waals surface area (Å²) in [4.78, 5) is 0. The summed E-state index contributed by atoms with van der Waals surface area (Å²) in [5, 5.41) is 0. The molecule has 0 aliphatic rings. The Kier molecular flexibility index (Phi) is 4.82. The summed E-state index contributed by atoms with van der Waals surface area (Å²) in [5.41, 5.74) is 2.91. The van der Waals surface area contributed by atoms with Gasteiger partial charge in [-0.15, -0.1) is 0 Å². The SMILES string of the molecule is COc1cccc(CC(NN)c2ccc(F)cc2F)c1F. The highest BCUT2D eigenvalue weighted by Gasteiger charge is 2.18. The highest BCUT2D eigenvalue weighted by atomic mass is 19.1. The molecule has 0 aliphatic carbocycles. The lowest BCUT2D eigenvalue weighted by Crippen LogP contribution is -2.30. The summed E-state index contributed by atoms with van der Waals surface area (Å²) in [6.07, 6.45) is 0.0993. The average Bonchev–Trinajstić information content (AvgIpc) is 2.47. The second kappa shape index (κ2) is 6.60. The Balaban J connectivity index is 2.31. The van der Waals surface area contributed by atoms with E-state index < -0.39 is 23.5 Å². The van der Waals surface area contributed by atoms with Gasteiger partial charge in [0, 0.05) is 11.6 Å².